The van der Waals surface area contributed by atoms with Gasteiger partial charge in [-0.2, -0.15) is 0 Å². The predicted octanol–water partition coefficient (Wildman–Crippen LogP) is 0.459. The van der Waals surface area contributed by atoms with Crippen molar-refractivity contribution in [3.63, 3.8) is 0 Å². The zero-order valence-electron chi connectivity index (χ0n) is 6.13. The van der Waals surface area contributed by atoms with Crippen LogP contribution in [0.5, 0.6) is 0 Å². The molecule has 1 fully saturated rings. The van der Waals surface area contributed by atoms with Crippen molar-refractivity contribution in [1.82, 2.24) is 5.32 Å². The van der Waals surface area contributed by atoms with Gasteiger partial charge in [-0.25, -0.2) is 0 Å². The summed E-state index contributed by atoms with van der Waals surface area (Å²) in [6.07, 6.45) is 2.64. The summed E-state index contributed by atoms with van der Waals surface area (Å²) in [6.45, 7) is 0. The van der Waals surface area contributed by atoms with E-state index in [4.69, 9.17) is 5.11 Å². The second kappa shape index (κ2) is 3.01. The van der Waals surface area contributed by atoms with Gasteiger partial charge in [0.2, 0.25) is 0 Å². The molecule has 0 aromatic heterocycles. The molecule has 3 heteroatoms. The van der Waals surface area contributed by atoms with E-state index in [0.717, 1.165) is 19.3 Å². The van der Waals surface area contributed by atoms with Crippen LogP contribution in [0.1, 0.15) is 19.3 Å². The van der Waals surface area contributed by atoms with Crippen molar-refractivity contribution in [2.24, 2.45) is 5.92 Å². The molecular weight excluding hydrogens is 130 g/mol. The van der Waals surface area contributed by atoms with Gasteiger partial charge in [0.25, 0.3) is 0 Å². The molecule has 10 heavy (non-hydrogen) atoms. The molecule has 3 nitrogen and oxygen atoms in total. The highest BCUT2D eigenvalue weighted by Crippen LogP contribution is 2.24. The summed E-state index contributed by atoms with van der Waals surface area (Å²) in [5.74, 6) is -0.741. The minimum Gasteiger partial charge on any atom is -0.481 e. The van der Waals surface area contributed by atoms with Crippen molar-refractivity contribution in [2.45, 2.75) is 25.3 Å². The number of nitrogens with one attached hydrogen (secondary N) is 1. The molecule has 0 bridgehead atoms. The molecule has 2 N–H and O–H groups in total. The van der Waals surface area contributed by atoms with Gasteiger partial charge >= 0.3 is 5.97 Å². The molecule has 0 heterocycles. The zero-order chi connectivity index (χ0) is 7.56. The molecule has 0 aromatic rings. The van der Waals surface area contributed by atoms with E-state index in [1.807, 2.05) is 7.05 Å². The second-order valence-electron chi connectivity index (χ2n) is 2.83. The van der Waals surface area contributed by atoms with Gasteiger partial charge < -0.3 is 10.4 Å². The van der Waals surface area contributed by atoms with Gasteiger partial charge in [-0.3, -0.25) is 4.79 Å². The summed E-state index contributed by atoms with van der Waals surface area (Å²) in [6, 6.07) is 0.432. The lowest BCUT2D eigenvalue weighted by Gasteiger charge is -2.05. The van der Waals surface area contributed by atoms with E-state index in [1.54, 1.807) is 0 Å². The molecule has 2 atom stereocenters. The third-order valence-corrected chi connectivity index (χ3v) is 2.19. The number of carboxylic acid groups (broad SMARTS) is 1. The predicted molar refractivity (Wildman–Crippen MR) is 37.8 cm³/mol. The Hall–Kier alpha value is -0.570. The summed E-state index contributed by atoms with van der Waals surface area (Å²) in [4.78, 5) is 10.4. The smallest absolute Gasteiger partial charge is 0.306 e. The van der Waals surface area contributed by atoms with Crippen LogP contribution in [-0.4, -0.2) is 24.2 Å². The zero-order valence-corrected chi connectivity index (χ0v) is 6.13. The van der Waals surface area contributed by atoms with Crippen LogP contribution in [0, 0.1) is 5.92 Å². The summed E-state index contributed by atoms with van der Waals surface area (Å²) in [5, 5.41) is 11.7. The van der Waals surface area contributed by atoms with Crippen molar-refractivity contribution in [3.05, 3.63) is 0 Å². The van der Waals surface area contributed by atoms with E-state index in [2.05, 4.69) is 5.32 Å². The SMILES string of the molecule is CN[C@H]1CC[C@H](C(=O)O)C1. The first-order chi connectivity index (χ1) is 4.74. The van der Waals surface area contributed by atoms with E-state index in [-0.39, 0.29) is 5.92 Å². The first kappa shape index (κ1) is 7.54. The Kier molecular flexibility index (Phi) is 2.27. The Morgan fingerprint density at radius 3 is 2.60 bits per heavy atom. The summed E-state index contributed by atoms with van der Waals surface area (Å²) in [5.41, 5.74) is 0. The van der Waals surface area contributed by atoms with E-state index in [1.165, 1.54) is 0 Å². The van der Waals surface area contributed by atoms with Crippen LogP contribution in [0.15, 0.2) is 0 Å². The van der Waals surface area contributed by atoms with Crippen molar-refractivity contribution in [1.29, 1.82) is 0 Å². The summed E-state index contributed by atoms with van der Waals surface area (Å²) >= 11 is 0. The van der Waals surface area contributed by atoms with Gasteiger partial charge in [-0.05, 0) is 26.3 Å². The lowest BCUT2D eigenvalue weighted by molar-refractivity contribution is -0.141. The lowest BCUT2D eigenvalue weighted by atomic mass is 10.1. The Morgan fingerprint density at radius 1 is 1.60 bits per heavy atom. The molecule has 58 valence electrons. The maximum absolute atomic E-state index is 10.4. The van der Waals surface area contributed by atoms with Crippen molar-refractivity contribution in [3.8, 4) is 0 Å². The van der Waals surface area contributed by atoms with Crippen LogP contribution in [0.3, 0.4) is 0 Å². The number of aliphatic carboxylic acids is 1. The van der Waals surface area contributed by atoms with E-state index in [0.29, 0.717) is 6.04 Å². The van der Waals surface area contributed by atoms with Gasteiger partial charge in [0.15, 0.2) is 0 Å². The van der Waals surface area contributed by atoms with E-state index in [9.17, 15) is 4.79 Å². The van der Waals surface area contributed by atoms with Gasteiger partial charge in [0, 0.05) is 6.04 Å². The highest BCUT2D eigenvalue weighted by atomic mass is 16.4. The highest BCUT2D eigenvalue weighted by molar-refractivity contribution is 5.70. The van der Waals surface area contributed by atoms with Gasteiger partial charge in [0.05, 0.1) is 5.92 Å². The number of rotatable bonds is 2. The average molecular weight is 143 g/mol. The van der Waals surface area contributed by atoms with Gasteiger partial charge in [-0.1, -0.05) is 0 Å². The van der Waals surface area contributed by atoms with Crippen LogP contribution >= 0.6 is 0 Å². The minimum absolute atomic E-state index is 0.0996. The van der Waals surface area contributed by atoms with Crippen LogP contribution in [0.4, 0.5) is 0 Å². The molecule has 0 aromatic carbocycles. The quantitative estimate of drug-likeness (QED) is 0.590. The molecular formula is C7H13NO2. The number of carbonyl (C=O) groups is 1. The number of carboxylic acids is 1. The van der Waals surface area contributed by atoms with Crippen LogP contribution < -0.4 is 5.32 Å². The molecule has 1 aliphatic rings. The Bertz CT molecular complexity index is 136. The monoisotopic (exact) mass is 143 g/mol. The Labute approximate surface area is 60.4 Å². The first-order valence-electron chi connectivity index (χ1n) is 3.64. The average Bonchev–Trinajstić information content (AvgIpc) is 2.34. The third-order valence-electron chi connectivity index (χ3n) is 2.19. The van der Waals surface area contributed by atoms with Crippen LogP contribution in [-0.2, 0) is 4.79 Å². The molecule has 1 rings (SSSR count). The minimum atomic E-state index is -0.641. The van der Waals surface area contributed by atoms with Gasteiger partial charge in [0.1, 0.15) is 0 Å². The number of hydrogen-bond donors (Lipinski definition) is 2. The lowest BCUT2D eigenvalue weighted by Crippen LogP contribution is -2.22. The summed E-state index contributed by atoms with van der Waals surface area (Å²) in [7, 11) is 1.88. The maximum atomic E-state index is 10.4. The normalized spacial score (nSPS) is 32.5. The van der Waals surface area contributed by atoms with Crippen molar-refractivity contribution >= 4 is 5.97 Å². The van der Waals surface area contributed by atoms with Crippen molar-refractivity contribution in [2.75, 3.05) is 7.05 Å². The van der Waals surface area contributed by atoms with Gasteiger partial charge in [-0.15, -0.1) is 0 Å². The standard InChI is InChI=1S/C7H13NO2/c1-8-6-3-2-5(4-6)7(9)10/h5-6,8H,2-4H2,1H3,(H,9,10)/t5-,6-/m0/s1. The fraction of sp³-hybridized carbons (Fsp3) is 0.857. The highest BCUT2D eigenvalue weighted by Gasteiger charge is 2.28. The van der Waals surface area contributed by atoms with Crippen molar-refractivity contribution < 1.29 is 9.90 Å². The topological polar surface area (TPSA) is 49.3 Å². The van der Waals surface area contributed by atoms with E-state index < -0.39 is 5.97 Å². The fourth-order valence-electron chi connectivity index (χ4n) is 1.47. The molecule has 0 unspecified atom stereocenters. The summed E-state index contributed by atoms with van der Waals surface area (Å²) < 4.78 is 0. The fourth-order valence-corrected chi connectivity index (χ4v) is 1.47. The Balaban J connectivity index is 2.35. The molecule has 0 radical (unpaired) electrons. The van der Waals surface area contributed by atoms with E-state index >= 15 is 0 Å². The Morgan fingerprint density at radius 2 is 2.30 bits per heavy atom. The molecule has 1 saturated carbocycles. The second-order valence-corrected chi connectivity index (χ2v) is 2.83. The molecule has 0 spiro atoms. The number of hydrogen-bond acceptors (Lipinski definition) is 2. The van der Waals surface area contributed by atoms with Crippen LogP contribution in [0.2, 0.25) is 0 Å². The molecule has 1 aliphatic carbocycles. The first-order valence-corrected chi connectivity index (χ1v) is 3.64. The molecule has 0 aliphatic heterocycles. The largest absolute Gasteiger partial charge is 0.481 e. The molecule has 0 amide bonds. The van der Waals surface area contributed by atoms with Crippen LogP contribution in [0.25, 0.3) is 0 Å². The maximum Gasteiger partial charge on any atom is 0.306 e. The molecule has 0 saturated heterocycles. The third kappa shape index (κ3) is 1.48.